The van der Waals surface area contributed by atoms with Gasteiger partial charge in [-0.05, 0) is 38.1 Å². The third kappa shape index (κ3) is 4.13. The predicted octanol–water partition coefficient (Wildman–Crippen LogP) is 4.31. The van der Waals surface area contributed by atoms with Gasteiger partial charge in [0.1, 0.15) is 0 Å². The highest BCUT2D eigenvalue weighted by atomic mass is 35.5. The Morgan fingerprint density at radius 1 is 1.38 bits per heavy atom. The summed E-state index contributed by atoms with van der Waals surface area (Å²) >= 11 is 13.7. The van der Waals surface area contributed by atoms with E-state index in [9.17, 15) is 4.79 Å². The molecule has 1 aromatic carbocycles. The van der Waals surface area contributed by atoms with Gasteiger partial charge >= 0.3 is 0 Å². The molecule has 3 nitrogen and oxygen atoms in total. The number of hydrogen-bond acceptors (Lipinski definition) is 3. The molecule has 2 aromatic rings. The SMILES string of the molecule is Cc1ccc(CC(C)NC(=O)c2cc(N)cc(Cl)c2Cl)s1. The van der Waals surface area contributed by atoms with Gasteiger partial charge in [0.15, 0.2) is 0 Å². The summed E-state index contributed by atoms with van der Waals surface area (Å²) in [5.74, 6) is -0.269. The van der Waals surface area contributed by atoms with Crippen LogP contribution in [0.5, 0.6) is 0 Å². The number of carbonyl (C=O) groups is 1. The number of nitrogens with one attached hydrogen (secondary N) is 1. The van der Waals surface area contributed by atoms with E-state index < -0.39 is 0 Å². The Morgan fingerprint density at radius 3 is 2.71 bits per heavy atom. The van der Waals surface area contributed by atoms with Crippen LogP contribution in [0.4, 0.5) is 5.69 Å². The summed E-state index contributed by atoms with van der Waals surface area (Å²) in [6, 6.07) is 7.20. The van der Waals surface area contributed by atoms with E-state index in [0.717, 1.165) is 6.42 Å². The molecule has 1 aromatic heterocycles. The van der Waals surface area contributed by atoms with Crippen LogP contribution in [0.2, 0.25) is 10.0 Å². The predicted molar refractivity (Wildman–Crippen MR) is 90.6 cm³/mol. The maximum Gasteiger partial charge on any atom is 0.253 e. The topological polar surface area (TPSA) is 55.1 Å². The number of anilines is 1. The fraction of sp³-hybridized carbons (Fsp3) is 0.267. The Kier molecular flexibility index (Phi) is 5.14. The fourth-order valence-corrected chi connectivity index (χ4v) is 3.47. The van der Waals surface area contributed by atoms with Crippen molar-refractivity contribution < 1.29 is 4.79 Å². The van der Waals surface area contributed by atoms with E-state index in [4.69, 9.17) is 28.9 Å². The van der Waals surface area contributed by atoms with Gasteiger partial charge < -0.3 is 11.1 Å². The van der Waals surface area contributed by atoms with Crippen molar-refractivity contribution in [3.05, 3.63) is 49.6 Å². The lowest BCUT2D eigenvalue weighted by atomic mass is 10.1. The first-order valence-corrected chi connectivity index (χ1v) is 8.04. The molecule has 0 saturated carbocycles. The highest BCUT2D eigenvalue weighted by molar-refractivity contribution is 7.11. The Morgan fingerprint density at radius 2 is 2.10 bits per heavy atom. The molecule has 0 spiro atoms. The number of rotatable bonds is 4. The second-order valence-corrected chi connectivity index (χ2v) is 7.11. The fourth-order valence-electron chi connectivity index (χ4n) is 2.02. The molecule has 1 heterocycles. The normalized spacial score (nSPS) is 12.2. The smallest absolute Gasteiger partial charge is 0.253 e. The summed E-state index contributed by atoms with van der Waals surface area (Å²) in [5, 5.41) is 3.42. The third-order valence-electron chi connectivity index (χ3n) is 2.98. The van der Waals surface area contributed by atoms with Gasteiger partial charge in [0.2, 0.25) is 0 Å². The van der Waals surface area contributed by atoms with Crippen LogP contribution in [-0.4, -0.2) is 11.9 Å². The van der Waals surface area contributed by atoms with Crippen molar-refractivity contribution in [2.75, 3.05) is 5.73 Å². The largest absolute Gasteiger partial charge is 0.399 e. The van der Waals surface area contributed by atoms with Gasteiger partial charge in [0, 0.05) is 27.9 Å². The number of benzene rings is 1. The summed E-state index contributed by atoms with van der Waals surface area (Å²) in [4.78, 5) is 14.8. The van der Waals surface area contributed by atoms with Crippen LogP contribution < -0.4 is 11.1 Å². The van der Waals surface area contributed by atoms with Crippen molar-refractivity contribution in [2.45, 2.75) is 26.3 Å². The number of thiophene rings is 1. The summed E-state index contributed by atoms with van der Waals surface area (Å²) < 4.78 is 0. The molecule has 3 N–H and O–H groups in total. The van der Waals surface area contributed by atoms with Gasteiger partial charge in [-0.25, -0.2) is 0 Å². The first-order chi connectivity index (χ1) is 9.86. The zero-order valence-corrected chi connectivity index (χ0v) is 14.1. The molecule has 21 heavy (non-hydrogen) atoms. The molecule has 112 valence electrons. The molecular formula is C15H16Cl2N2OS. The maximum atomic E-state index is 12.3. The van der Waals surface area contributed by atoms with Crippen molar-refractivity contribution in [3.8, 4) is 0 Å². The van der Waals surface area contributed by atoms with E-state index in [-0.39, 0.29) is 22.0 Å². The van der Waals surface area contributed by atoms with Crippen LogP contribution >= 0.6 is 34.5 Å². The van der Waals surface area contributed by atoms with Crippen molar-refractivity contribution in [1.82, 2.24) is 5.32 Å². The Bertz CT molecular complexity index is 670. The number of halogens is 2. The molecule has 1 atom stereocenters. The average molecular weight is 343 g/mol. The number of aryl methyl sites for hydroxylation is 1. The monoisotopic (exact) mass is 342 g/mol. The van der Waals surface area contributed by atoms with Crippen LogP contribution in [0.15, 0.2) is 24.3 Å². The lowest BCUT2D eigenvalue weighted by Crippen LogP contribution is -2.34. The Hall–Kier alpha value is -1.23. The van der Waals surface area contributed by atoms with Crippen LogP contribution in [-0.2, 0) is 6.42 Å². The van der Waals surface area contributed by atoms with E-state index in [1.54, 1.807) is 11.3 Å². The van der Waals surface area contributed by atoms with Crippen LogP contribution in [0, 0.1) is 6.92 Å². The van der Waals surface area contributed by atoms with Crippen LogP contribution in [0.3, 0.4) is 0 Å². The highest BCUT2D eigenvalue weighted by Gasteiger charge is 2.16. The van der Waals surface area contributed by atoms with Gasteiger partial charge in [-0.15, -0.1) is 11.3 Å². The minimum atomic E-state index is -0.269. The Labute approximate surface area is 138 Å². The molecule has 0 aliphatic heterocycles. The minimum absolute atomic E-state index is 0.00757. The first-order valence-electron chi connectivity index (χ1n) is 6.47. The lowest BCUT2D eigenvalue weighted by Gasteiger charge is -2.14. The van der Waals surface area contributed by atoms with Crippen LogP contribution in [0.1, 0.15) is 27.0 Å². The standard InChI is InChI=1S/C15H16Cl2N2OS/c1-8(5-11-4-3-9(2)21-11)19-15(20)12-6-10(18)7-13(16)14(12)17/h3-4,6-8H,5,18H2,1-2H3,(H,19,20). The van der Waals surface area contributed by atoms with Crippen molar-refractivity contribution in [2.24, 2.45) is 0 Å². The van der Waals surface area contributed by atoms with Crippen molar-refractivity contribution in [3.63, 3.8) is 0 Å². The molecule has 6 heteroatoms. The van der Waals surface area contributed by atoms with E-state index in [2.05, 4.69) is 24.4 Å². The third-order valence-corrected chi connectivity index (χ3v) is 4.80. The van der Waals surface area contributed by atoms with Gasteiger partial charge in [-0.3, -0.25) is 4.79 Å². The molecule has 0 aliphatic rings. The molecule has 0 fully saturated rings. The van der Waals surface area contributed by atoms with E-state index >= 15 is 0 Å². The molecule has 2 rings (SSSR count). The zero-order chi connectivity index (χ0) is 15.6. The second kappa shape index (κ2) is 6.69. The Balaban J connectivity index is 2.07. The van der Waals surface area contributed by atoms with E-state index in [0.29, 0.717) is 11.3 Å². The molecule has 0 saturated heterocycles. The summed E-state index contributed by atoms with van der Waals surface area (Å²) in [7, 11) is 0. The summed E-state index contributed by atoms with van der Waals surface area (Å²) in [6.07, 6.45) is 0.776. The summed E-state index contributed by atoms with van der Waals surface area (Å²) in [6.45, 7) is 4.01. The second-order valence-electron chi connectivity index (χ2n) is 4.96. The minimum Gasteiger partial charge on any atom is -0.399 e. The molecule has 0 aliphatic carbocycles. The highest BCUT2D eigenvalue weighted by Crippen LogP contribution is 2.28. The number of hydrogen-bond donors (Lipinski definition) is 2. The van der Waals surface area contributed by atoms with Gasteiger partial charge in [0.25, 0.3) is 5.91 Å². The maximum absolute atomic E-state index is 12.3. The molecule has 0 bridgehead atoms. The first kappa shape index (κ1) is 16.1. The lowest BCUT2D eigenvalue weighted by molar-refractivity contribution is 0.0940. The van der Waals surface area contributed by atoms with E-state index in [1.165, 1.54) is 21.9 Å². The number of carbonyl (C=O) groups excluding carboxylic acids is 1. The van der Waals surface area contributed by atoms with Crippen molar-refractivity contribution in [1.29, 1.82) is 0 Å². The quantitative estimate of drug-likeness (QED) is 0.813. The molecule has 0 radical (unpaired) electrons. The molecule has 1 unspecified atom stereocenters. The number of nitrogen functional groups attached to an aromatic ring is 1. The summed E-state index contributed by atoms with van der Waals surface area (Å²) in [5.41, 5.74) is 6.42. The molecular weight excluding hydrogens is 327 g/mol. The van der Waals surface area contributed by atoms with Gasteiger partial charge in [0.05, 0.1) is 15.6 Å². The van der Waals surface area contributed by atoms with Crippen molar-refractivity contribution >= 4 is 46.1 Å². The van der Waals surface area contributed by atoms with Crippen LogP contribution in [0.25, 0.3) is 0 Å². The number of amides is 1. The van der Waals surface area contributed by atoms with Gasteiger partial charge in [-0.1, -0.05) is 23.2 Å². The zero-order valence-electron chi connectivity index (χ0n) is 11.7. The average Bonchev–Trinajstić information content (AvgIpc) is 2.78. The van der Waals surface area contributed by atoms with E-state index in [1.807, 2.05) is 6.92 Å². The number of nitrogens with two attached hydrogens (primary N) is 1. The van der Waals surface area contributed by atoms with Gasteiger partial charge in [-0.2, -0.15) is 0 Å². The molecule has 1 amide bonds.